The number of benzene rings is 1. The molecule has 2 heterocycles. The molecule has 2 aromatic rings. The number of piperidine rings is 1. The fraction of sp³-hybridized carbons (Fsp3) is 0.619. The normalized spacial score (nSPS) is 16.7. The number of nitrogens with one attached hydrogen (secondary N) is 2. The smallest absolute Gasteiger partial charge is 0.191 e. The van der Waals surface area contributed by atoms with E-state index in [4.69, 9.17) is 0 Å². The van der Waals surface area contributed by atoms with Gasteiger partial charge < -0.3 is 15.2 Å². The van der Waals surface area contributed by atoms with E-state index in [1.807, 2.05) is 13.1 Å². The number of fused-ring (bicyclic) bond motifs is 1. The molecule has 3 rings (SSSR count). The van der Waals surface area contributed by atoms with Gasteiger partial charge in [-0.3, -0.25) is 9.89 Å². The predicted octanol–water partition coefficient (Wildman–Crippen LogP) is 2.77. The Balaban J connectivity index is 1.51. The molecule has 27 heavy (non-hydrogen) atoms. The average molecular weight is 371 g/mol. The molecule has 0 amide bonds. The minimum atomic E-state index is 0.134. The third kappa shape index (κ3) is 4.80. The predicted molar refractivity (Wildman–Crippen MR) is 113 cm³/mol. The first-order valence-corrected chi connectivity index (χ1v) is 10.1. The molecule has 1 saturated heterocycles. The molecule has 0 bridgehead atoms. The lowest BCUT2D eigenvalue weighted by Crippen LogP contribution is -2.55. The van der Waals surface area contributed by atoms with Crippen LogP contribution in [0.4, 0.5) is 0 Å². The van der Waals surface area contributed by atoms with Crippen LogP contribution in [0.25, 0.3) is 11.0 Å². The maximum absolute atomic E-state index is 4.64. The summed E-state index contributed by atoms with van der Waals surface area (Å²) in [5, 5.41) is 6.96. The minimum Gasteiger partial charge on any atom is -0.355 e. The fourth-order valence-corrected chi connectivity index (χ4v) is 3.90. The average Bonchev–Trinajstić information content (AvgIpc) is 3.00. The first-order chi connectivity index (χ1) is 13.0. The molecule has 0 unspecified atom stereocenters. The molecule has 0 atom stereocenters. The topological polar surface area (TPSA) is 57.5 Å². The number of rotatable bonds is 6. The molecule has 1 aliphatic rings. The number of imidazole rings is 1. The van der Waals surface area contributed by atoms with E-state index >= 15 is 0 Å². The van der Waals surface area contributed by atoms with Crippen LogP contribution >= 0.6 is 0 Å². The summed E-state index contributed by atoms with van der Waals surface area (Å²) in [6.45, 7) is 11.7. The second kappa shape index (κ2) is 8.74. The highest BCUT2D eigenvalue weighted by Crippen LogP contribution is 2.19. The van der Waals surface area contributed by atoms with E-state index in [-0.39, 0.29) is 5.54 Å². The molecular weight excluding hydrogens is 336 g/mol. The van der Waals surface area contributed by atoms with Gasteiger partial charge >= 0.3 is 0 Å². The van der Waals surface area contributed by atoms with Crippen LogP contribution in [-0.4, -0.2) is 59.2 Å². The quantitative estimate of drug-likeness (QED) is 0.606. The molecule has 148 valence electrons. The molecule has 6 heteroatoms. The van der Waals surface area contributed by atoms with Crippen LogP contribution in [0.15, 0.2) is 29.3 Å². The highest BCUT2D eigenvalue weighted by molar-refractivity contribution is 5.79. The number of nitrogens with zero attached hydrogens (tertiary/aromatic N) is 4. The second-order valence-corrected chi connectivity index (χ2v) is 8.01. The lowest BCUT2D eigenvalue weighted by Gasteiger charge is -2.41. The first kappa shape index (κ1) is 19.7. The van der Waals surface area contributed by atoms with Crippen molar-refractivity contribution in [1.29, 1.82) is 0 Å². The molecule has 0 radical (unpaired) electrons. The molecule has 1 aromatic carbocycles. The molecule has 6 nitrogen and oxygen atoms in total. The number of hydrogen-bond acceptors (Lipinski definition) is 3. The molecule has 1 aromatic heterocycles. The van der Waals surface area contributed by atoms with E-state index in [0.717, 1.165) is 36.9 Å². The van der Waals surface area contributed by atoms with Gasteiger partial charge in [-0.05, 0) is 58.8 Å². The van der Waals surface area contributed by atoms with Gasteiger partial charge in [0.25, 0.3) is 0 Å². The Hall–Kier alpha value is -2.08. The van der Waals surface area contributed by atoms with E-state index in [9.17, 15) is 0 Å². The maximum Gasteiger partial charge on any atom is 0.191 e. The van der Waals surface area contributed by atoms with Gasteiger partial charge in [0, 0.05) is 32.2 Å². The highest BCUT2D eigenvalue weighted by atomic mass is 15.2. The van der Waals surface area contributed by atoms with Crippen LogP contribution in [-0.2, 0) is 6.54 Å². The third-order valence-electron chi connectivity index (χ3n) is 5.60. The maximum atomic E-state index is 4.64. The Bertz CT molecular complexity index is 770. The second-order valence-electron chi connectivity index (χ2n) is 8.01. The zero-order valence-corrected chi connectivity index (χ0v) is 17.3. The Morgan fingerprint density at radius 1 is 1.15 bits per heavy atom. The number of aryl methyl sites for hydroxylation is 1. The molecule has 0 spiro atoms. The van der Waals surface area contributed by atoms with Crippen LogP contribution in [0.3, 0.4) is 0 Å². The van der Waals surface area contributed by atoms with Gasteiger partial charge in [-0.1, -0.05) is 18.6 Å². The van der Waals surface area contributed by atoms with E-state index in [1.165, 1.54) is 37.9 Å². The molecule has 2 N–H and O–H groups in total. The summed E-state index contributed by atoms with van der Waals surface area (Å²) in [4.78, 5) is 11.6. The fourth-order valence-electron chi connectivity index (χ4n) is 3.90. The van der Waals surface area contributed by atoms with Crippen molar-refractivity contribution in [3.63, 3.8) is 0 Å². The van der Waals surface area contributed by atoms with E-state index in [0.29, 0.717) is 0 Å². The SMILES string of the molecule is CN=C(NCCn1c(C)nc2ccccc21)NCC(C)(C)N1CCCCC1. The molecular formula is C21H34N6. The van der Waals surface area contributed by atoms with Crippen molar-refractivity contribution >= 4 is 17.0 Å². The van der Waals surface area contributed by atoms with Crippen LogP contribution in [0.1, 0.15) is 38.9 Å². The van der Waals surface area contributed by atoms with Crippen LogP contribution in [0.2, 0.25) is 0 Å². The van der Waals surface area contributed by atoms with E-state index in [2.05, 4.69) is 69.0 Å². The highest BCUT2D eigenvalue weighted by Gasteiger charge is 2.27. The molecule has 0 aliphatic carbocycles. The standard InChI is InChI=1S/C21H34N6/c1-17-25-18-10-6-7-11-19(18)27(17)15-12-23-20(22-4)24-16-21(2,3)26-13-8-5-9-14-26/h6-7,10-11H,5,8-9,12-16H2,1-4H3,(H2,22,23,24). The van der Waals surface area contributed by atoms with Crippen molar-refractivity contribution in [2.75, 3.05) is 33.2 Å². The number of hydrogen-bond donors (Lipinski definition) is 2. The lowest BCUT2D eigenvalue weighted by molar-refractivity contribution is 0.0982. The Morgan fingerprint density at radius 2 is 1.89 bits per heavy atom. The lowest BCUT2D eigenvalue weighted by atomic mass is 9.98. The monoisotopic (exact) mass is 370 g/mol. The minimum absolute atomic E-state index is 0.134. The zero-order chi connectivity index (χ0) is 19.3. The molecule has 0 saturated carbocycles. The summed E-state index contributed by atoms with van der Waals surface area (Å²) in [5.74, 6) is 1.91. The summed E-state index contributed by atoms with van der Waals surface area (Å²) in [7, 11) is 1.83. The number of likely N-dealkylation sites (tertiary alicyclic amines) is 1. The van der Waals surface area contributed by atoms with Gasteiger partial charge in [-0.15, -0.1) is 0 Å². The first-order valence-electron chi connectivity index (χ1n) is 10.1. The van der Waals surface area contributed by atoms with Crippen molar-refractivity contribution in [3.05, 3.63) is 30.1 Å². The summed E-state index contributed by atoms with van der Waals surface area (Å²) >= 11 is 0. The van der Waals surface area contributed by atoms with Crippen LogP contribution in [0, 0.1) is 6.92 Å². The number of aliphatic imine (C=N–C) groups is 1. The Morgan fingerprint density at radius 3 is 2.63 bits per heavy atom. The van der Waals surface area contributed by atoms with Crippen molar-refractivity contribution < 1.29 is 0 Å². The summed E-state index contributed by atoms with van der Waals surface area (Å²) < 4.78 is 2.26. The zero-order valence-electron chi connectivity index (χ0n) is 17.3. The van der Waals surface area contributed by atoms with Crippen LogP contribution < -0.4 is 10.6 Å². The molecule has 1 fully saturated rings. The van der Waals surface area contributed by atoms with Crippen molar-refractivity contribution in [3.8, 4) is 0 Å². The van der Waals surface area contributed by atoms with Crippen molar-refractivity contribution in [2.45, 2.75) is 52.1 Å². The summed E-state index contributed by atoms with van der Waals surface area (Å²) in [5.41, 5.74) is 2.38. The summed E-state index contributed by atoms with van der Waals surface area (Å²) in [6, 6.07) is 8.29. The van der Waals surface area contributed by atoms with Gasteiger partial charge in [0.1, 0.15) is 5.82 Å². The van der Waals surface area contributed by atoms with Crippen molar-refractivity contribution in [2.24, 2.45) is 4.99 Å². The van der Waals surface area contributed by atoms with Crippen molar-refractivity contribution in [1.82, 2.24) is 25.1 Å². The van der Waals surface area contributed by atoms with Gasteiger partial charge in [0.2, 0.25) is 0 Å². The third-order valence-corrected chi connectivity index (χ3v) is 5.60. The van der Waals surface area contributed by atoms with E-state index in [1.54, 1.807) is 0 Å². The van der Waals surface area contributed by atoms with Gasteiger partial charge in [0.05, 0.1) is 11.0 Å². The van der Waals surface area contributed by atoms with E-state index < -0.39 is 0 Å². The van der Waals surface area contributed by atoms with Gasteiger partial charge in [-0.25, -0.2) is 4.98 Å². The van der Waals surface area contributed by atoms with Gasteiger partial charge in [0.15, 0.2) is 5.96 Å². The molecule has 1 aliphatic heterocycles. The Kier molecular flexibility index (Phi) is 6.37. The number of para-hydroxylation sites is 2. The van der Waals surface area contributed by atoms with Crippen LogP contribution in [0.5, 0.6) is 0 Å². The van der Waals surface area contributed by atoms with Gasteiger partial charge in [-0.2, -0.15) is 0 Å². The Labute approximate surface area is 163 Å². The summed E-state index contributed by atoms with van der Waals surface area (Å²) in [6.07, 6.45) is 3.99. The number of guanidine groups is 1. The largest absolute Gasteiger partial charge is 0.355 e. The number of aromatic nitrogens is 2.